The van der Waals surface area contributed by atoms with E-state index in [4.69, 9.17) is 5.73 Å². The molecule has 0 aromatic heterocycles. The molecule has 1 aliphatic rings. The summed E-state index contributed by atoms with van der Waals surface area (Å²) in [5.41, 5.74) is 4.25. The minimum Gasteiger partial charge on any atom is -0.391 e. The van der Waals surface area contributed by atoms with Crippen molar-refractivity contribution in [3.8, 4) is 0 Å². The van der Waals surface area contributed by atoms with Crippen LogP contribution in [0.3, 0.4) is 0 Å². The highest BCUT2D eigenvalue weighted by Gasteiger charge is 2.39. The van der Waals surface area contributed by atoms with Gasteiger partial charge in [-0.2, -0.15) is 13.2 Å². The molecule has 7 heteroatoms. The molecule has 108 valence electrons. The highest BCUT2D eigenvalue weighted by Crippen LogP contribution is 2.40. The summed E-state index contributed by atoms with van der Waals surface area (Å²) in [6.07, 6.45) is -4.19. The summed E-state index contributed by atoms with van der Waals surface area (Å²) in [5.74, 6) is -0.874. The lowest BCUT2D eigenvalue weighted by molar-refractivity contribution is -0.138. The van der Waals surface area contributed by atoms with Crippen LogP contribution in [0.15, 0.2) is 18.2 Å². The van der Waals surface area contributed by atoms with Gasteiger partial charge in [-0.05, 0) is 42.5 Å². The van der Waals surface area contributed by atoms with E-state index < -0.39 is 29.7 Å². The summed E-state index contributed by atoms with van der Waals surface area (Å²) in [7, 11) is 0. The fourth-order valence-electron chi connectivity index (χ4n) is 1.98. The first kappa shape index (κ1) is 16.2. The van der Waals surface area contributed by atoms with Crippen LogP contribution in [0.1, 0.15) is 30.0 Å². The third-order valence-corrected chi connectivity index (χ3v) is 3.15. The molecule has 2 atom stereocenters. The summed E-state index contributed by atoms with van der Waals surface area (Å²) in [6, 6.07) is 0.927. The number of benzene rings is 1. The molecular formula is C12H14ClF4NO. The fraction of sp³-hybridized carbons (Fsp3) is 0.500. The molecule has 19 heavy (non-hydrogen) atoms. The zero-order valence-electron chi connectivity index (χ0n) is 9.82. The number of halogens is 5. The molecule has 0 spiro atoms. The molecule has 1 aromatic rings. The Bertz CT molecular complexity index is 448. The van der Waals surface area contributed by atoms with Crippen LogP contribution in [-0.4, -0.2) is 11.2 Å². The lowest BCUT2D eigenvalue weighted by Gasteiger charge is -2.22. The van der Waals surface area contributed by atoms with Crippen LogP contribution in [-0.2, 0) is 6.18 Å². The van der Waals surface area contributed by atoms with E-state index in [1.165, 1.54) is 0 Å². The lowest BCUT2D eigenvalue weighted by Crippen LogP contribution is -2.30. The first-order valence-electron chi connectivity index (χ1n) is 5.61. The molecule has 1 aliphatic carbocycles. The summed E-state index contributed by atoms with van der Waals surface area (Å²) in [5, 5.41) is 9.78. The largest absolute Gasteiger partial charge is 0.416 e. The number of alkyl halides is 3. The Balaban J connectivity index is 0.00000180. The van der Waals surface area contributed by atoms with E-state index >= 15 is 0 Å². The van der Waals surface area contributed by atoms with E-state index in [0.717, 1.165) is 25.0 Å². The number of rotatable bonds is 3. The normalized spacial score (nSPS) is 18.6. The van der Waals surface area contributed by atoms with E-state index in [-0.39, 0.29) is 23.9 Å². The molecule has 2 rings (SSSR count). The number of hydrogen-bond donors (Lipinski definition) is 2. The van der Waals surface area contributed by atoms with Gasteiger partial charge in [0.05, 0.1) is 17.7 Å². The summed E-state index contributed by atoms with van der Waals surface area (Å²) >= 11 is 0. The molecule has 1 saturated carbocycles. The predicted octanol–water partition coefficient (Wildman–Crippen LogP) is 3.04. The van der Waals surface area contributed by atoms with Crippen LogP contribution >= 0.6 is 12.4 Å². The van der Waals surface area contributed by atoms with Crippen molar-refractivity contribution in [3.05, 3.63) is 35.1 Å². The van der Waals surface area contributed by atoms with Crippen molar-refractivity contribution in [2.75, 3.05) is 0 Å². The zero-order valence-corrected chi connectivity index (χ0v) is 10.6. The average Bonchev–Trinajstić information content (AvgIpc) is 3.09. The van der Waals surface area contributed by atoms with Crippen molar-refractivity contribution < 1.29 is 22.7 Å². The standard InChI is InChI=1S/C12H13F4NO.ClH/c13-7-3-4-9(12(14,15)16)8(5-7)10(17)11(18)6-1-2-6;/h3-6,10-11,18H,1-2,17H2;1H/t10-,11+;/m1./s1. The van der Waals surface area contributed by atoms with Crippen molar-refractivity contribution in [1.82, 2.24) is 0 Å². The van der Waals surface area contributed by atoms with Gasteiger partial charge in [0.15, 0.2) is 0 Å². The Morgan fingerprint density at radius 3 is 2.32 bits per heavy atom. The quantitative estimate of drug-likeness (QED) is 0.843. The molecule has 0 bridgehead atoms. The Labute approximate surface area is 114 Å². The van der Waals surface area contributed by atoms with Crippen molar-refractivity contribution >= 4 is 12.4 Å². The van der Waals surface area contributed by atoms with Crippen LogP contribution in [0.5, 0.6) is 0 Å². The molecular weight excluding hydrogens is 286 g/mol. The number of hydrogen-bond acceptors (Lipinski definition) is 2. The van der Waals surface area contributed by atoms with Gasteiger partial charge in [0.2, 0.25) is 0 Å². The highest BCUT2D eigenvalue weighted by atomic mass is 35.5. The van der Waals surface area contributed by atoms with Gasteiger partial charge in [0, 0.05) is 0 Å². The lowest BCUT2D eigenvalue weighted by atomic mass is 9.94. The smallest absolute Gasteiger partial charge is 0.391 e. The number of aliphatic hydroxyl groups excluding tert-OH is 1. The third kappa shape index (κ3) is 3.58. The van der Waals surface area contributed by atoms with Gasteiger partial charge in [-0.1, -0.05) is 0 Å². The molecule has 0 unspecified atom stereocenters. The summed E-state index contributed by atoms with van der Waals surface area (Å²) in [6.45, 7) is 0. The van der Waals surface area contributed by atoms with Gasteiger partial charge < -0.3 is 10.8 Å². The van der Waals surface area contributed by atoms with E-state index in [2.05, 4.69) is 0 Å². The molecule has 0 aliphatic heterocycles. The summed E-state index contributed by atoms with van der Waals surface area (Å²) in [4.78, 5) is 0. The van der Waals surface area contributed by atoms with Gasteiger partial charge >= 0.3 is 6.18 Å². The van der Waals surface area contributed by atoms with Crippen LogP contribution in [0.4, 0.5) is 17.6 Å². The third-order valence-electron chi connectivity index (χ3n) is 3.15. The molecule has 1 fully saturated rings. The first-order chi connectivity index (χ1) is 8.30. The molecule has 3 N–H and O–H groups in total. The maximum absolute atomic E-state index is 13.1. The second kappa shape index (κ2) is 5.64. The molecule has 0 heterocycles. The predicted molar refractivity (Wildman–Crippen MR) is 64.3 cm³/mol. The van der Waals surface area contributed by atoms with E-state index in [1.807, 2.05) is 0 Å². The van der Waals surface area contributed by atoms with Gasteiger partial charge in [-0.15, -0.1) is 12.4 Å². The second-order valence-corrected chi connectivity index (χ2v) is 4.58. The van der Waals surface area contributed by atoms with Crippen LogP contribution in [0, 0.1) is 11.7 Å². The Morgan fingerprint density at radius 2 is 1.84 bits per heavy atom. The maximum atomic E-state index is 13.1. The van der Waals surface area contributed by atoms with Gasteiger partial charge in [-0.3, -0.25) is 0 Å². The summed E-state index contributed by atoms with van der Waals surface area (Å²) < 4.78 is 51.4. The number of aliphatic hydroxyl groups is 1. The molecule has 2 nitrogen and oxygen atoms in total. The zero-order chi connectivity index (χ0) is 13.5. The van der Waals surface area contributed by atoms with Gasteiger partial charge in [-0.25, -0.2) is 4.39 Å². The second-order valence-electron chi connectivity index (χ2n) is 4.58. The highest BCUT2D eigenvalue weighted by molar-refractivity contribution is 5.85. The van der Waals surface area contributed by atoms with Crippen molar-refractivity contribution in [2.45, 2.75) is 31.2 Å². The topological polar surface area (TPSA) is 46.2 Å². The number of nitrogens with two attached hydrogens (primary N) is 1. The molecule has 0 radical (unpaired) electrons. The van der Waals surface area contributed by atoms with Gasteiger partial charge in [0.25, 0.3) is 0 Å². The minimum atomic E-state index is -4.61. The SMILES string of the molecule is Cl.N[C@H](c1cc(F)ccc1C(F)(F)F)[C@@H](O)C1CC1. The Morgan fingerprint density at radius 1 is 1.26 bits per heavy atom. The van der Waals surface area contributed by atoms with Crippen molar-refractivity contribution in [2.24, 2.45) is 11.7 Å². The minimum absolute atomic E-state index is 0. The van der Waals surface area contributed by atoms with Crippen LogP contribution in [0.2, 0.25) is 0 Å². The fourth-order valence-corrected chi connectivity index (χ4v) is 1.98. The Hall–Kier alpha value is -0.850. The van der Waals surface area contributed by atoms with Crippen molar-refractivity contribution in [3.63, 3.8) is 0 Å². The molecule has 0 amide bonds. The van der Waals surface area contributed by atoms with Crippen molar-refractivity contribution in [1.29, 1.82) is 0 Å². The maximum Gasteiger partial charge on any atom is 0.416 e. The average molecular weight is 300 g/mol. The molecule has 1 aromatic carbocycles. The monoisotopic (exact) mass is 299 g/mol. The first-order valence-corrected chi connectivity index (χ1v) is 5.61. The van der Waals surface area contributed by atoms with Gasteiger partial charge in [0.1, 0.15) is 5.82 Å². The van der Waals surface area contributed by atoms with E-state index in [0.29, 0.717) is 6.07 Å². The van der Waals surface area contributed by atoms with E-state index in [9.17, 15) is 22.7 Å². The molecule has 0 saturated heterocycles. The van der Waals surface area contributed by atoms with E-state index in [1.54, 1.807) is 0 Å². The van der Waals surface area contributed by atoms with Crippen LogP contribution < -0.4 is 5.73 Å². The Kier molecular flexibility index (Phi) is 4.81. The van der Waals surface area contributed by atoms with Crippen LogP contribution in [0.25, 0.3) is 0 Å².